The number of carbonyl (C=O) groups excluding carboxylic acids is 2. The van der Waals surface area contributed by atoms with E-state index in [0.29, 0.717) is 29.0 Å². The van der Waals surface area contributed by atoms with Crippen molar-refractivity contribution in [1.82, 2.24) is 24.6 Å². The molecule has 2 saturated heterocycles. The Kier molecular flexibility index (Phi) is 5.84. The van der Waals surface area contributed by atoms with E-state index < -0.39 is 0 Å². The first-order valence-corrected chi connectivity index (χ1v) is 11.9. The first-order chi connectivity index (χ1) is 15.8. The van der Waals surface area contributed by atoms with E-state index in [1.165, 1.54) is 11.6 Å². The van der Waals surface area contributed by atoms with Gasteiger partial charge in [-0.1, -0.05) is 23.2 Å². The molecule has 0 saturated carbocycles. The topological polar surface area (TPSA) is 86.3 Å². The number of aromatic amines is 1. The van der Waals surface area contributed by atoms with Gasteiger partial charge in [0, 0.05) is 60.5 Å². The Balaban J connectivity index is 1.26. The molecule has 0 radical (unpaired) electrons. The van der Waals surface area contributed by atoms with E-state index in [9.17, 15) is 9.59 Å². The average Bonchev–Trinajstić information content (AvgIpc) is 3.48. The van der Waals surface area contributed by atoms with E-state index in [4.69, 9.17) is 23.2 Å². The third-order valence-electron chi connectivity index (χ3n) is 6.86. The lowest BCUT2D eigenvalue weighted by Crippen LogP contribution is -2.53. The molecule has 1 spiro atoms. The van der Waals surface area contributed by atoms with Gasteiger partial charge in [0.1, 0.15) is 0 Å². The fourth-order valence-electron chi connectivity index (χ4n) is 5.26. The summed E-state index contributed by atoms with van der Waals surface area (Å²) in [6.07, 6.45) is 5.72. The minimum Gasteiger partial charge on any atom is -0.356 e. The molecule has 2 aliphatic rings. The van der Waals surface area contributed by atoms with Crippen LogP contribution in [0.5, 0.6) is 0 Å². The van der Waals surface area contributed by atoms with Crippen molar-refractivity contribution in [3.63, 3.8) is 0 Å². The molecule has 2 aliphatic heterocycles. The molecule has 4 heterocycles. The van der Waals surface area contributed by atoms with Crippen molar-refractivity contribution in [3.8, 4) is 0 Å². The lowest BCUT2D eigenvalue weighted by Gasteiger charge is -2.44. The van der Waals surface area contributed by atoms with Crippen LogP contribution in [-0.4, -0.2) is 61.7 Å². The van der Waals surface area contributed by atoms with Gasteiger partial charge in [0.2, 0.25) is 5.91 Å². The van der Waals surface area contributed by atoms with Crippen LogP contribution in [0, 0.1) is 0 Å². The van der Waals surface area contributed by atoms with E-state index in [-0.39, 0.29) is 17.5 Å². The fourth-order valence-corrected chi connectivity index (χ4v) is 5.81. The number of rotatable bonds is 3. The van der Waals surface area contributed by atoms with Gasteiger partial charge >= 0.3 is 6.03 Å². The average molecular weight is 489 g/mol. The molecule has 2 amide bonds. The highest BCUT2D eigenvalue weighted by Crippen LogP contribution is 2.40. The number of nitrogens with zero attached hydrogens (tertiary/aromatic N) is 4. The molecule has 0 unspecified atom stereocenters. The quantitative estimate of drug-likeness (QED) is 0.557. The lowest BCUT2D eigenvalue weighted by atomic mass is 9.85. The first kappa shape index (κ1) is 22.3. The number of hydrogen-bond acceptors (Lipinski definition) is 4. The van der Waals surface area contributed by atoms with Crippen LogP contribution in [0.1, 0.15) is 38.3 Å². The van der Waals surface area contributed by atoms with Gasteiger partial charge in [-0.2, -0.15) is 4.68 Å². The first-order valence-electron chi connectivity index (χ1n) is 11.2. The van der Waals surface area contributed by atoms with Gasteiger partial charge in [-0.05, 0) is 50.4 Å². The number of hydrogen-bond donors (Lipinski definition) is 2. The van der Waals surface area contributed by atoms with Crippen LogP contribution in [0.2, 0.25) is 10.0 Å². The van der Waals surface area contributed by atoms with E-state index in [1.54, 1.807) is 18.3 Å². The normalized spacial score (nSPS) is 18.3. The van der Waals surface area contributed by atoms with Gasteiger partial charge in [-0.25, -0.2) is 4.79 Å². The van der Waals surface area contributed by atoms with Crippen molar-refractivity contribution in [3.05, 3.63) is 46.2 Å². The second-order valence-electron chi connectivity index (χ2n) is 8.99. The third kappa shape index (κ3) is 4.35. The van der Waals surface area contributed by atoms with Crippen molar-refractivity contribution in [2.24, 2.45) is 0 Å². The predicted molar refractivity (Wildman–Crippen MR) is 129 cm³/mol. The summed E-state index contributed by atoms with van der Waals surface area (Å²) in [6.45, 7) is 4.63. The third-order valence-corrected chi connectivity index (χ3v) is 7.37. The molecule has 3 aromatic rings. The van der Waals surface area contributed by atoms with Crippen LogP contribution in [0.4, 0.5) is 10.6 Å². The molecular formula is C23H26Cl2N6O2. The van der Waals surface area contributed by atoms with Gasteiger partial charge in [-0.15, -0.1) is 5.10 Å². The summed E-state index contributed by atoms with van der Waals surface area (Å²) in [5.41, 5.74) is 2.14. The number of likely N-dealkylation sites (tertiary alicyclic amines) is 2. The Labute approximate surface area is 201 Å². The number of anilines is 1. The summed E-state index contributed by atoms with van der Waals surface area (Å²) in [6, 6.07) is 7.28. The molecule has 5 rings (SSSR count). The van der Waals surface area contributed by atoms with Crippen LogP contribution in [0.3, 0.4) is 0 Å². The van der Waals surface area contributed by atoms with E-state index in [0.717, 1.165) is 55.4 Å². The number of nitrogens with one attached hydrogen (secondary N) is 2. The number of aromatic nitrogens is 3. The Morgan fingerprint density at radius 3 is 2.70 bits per heavy atom. The Hall–Kier alpha value is -2.55. The summed E-state index contributed by atoms with van der Waals surface area (Å²) < 4.78 is 1.30. The van der Waals surface area contributed by atoms with Crippen molar-refractivity contribution >= 4 is 51.9 Å². The van der Waals surface area contributed by atoms with Crippen molar-refractivity contribution in [2.45, 2.75) is 44.7 Å². The van der Waals surface area contributed by atoms with Crippen LogP contribution in [0.25, 0.3) is 10.9 Å². The highest BCUT2D eigenvalue weighted by atomic mass is 35.5. The minimum atomic E-state index is -0.214. The highest BCUT2D eigenvalue weighted by molar-refractivity contribution is 6.38. The van der Waals surface area contributed by atoms with Gasteiger partial charge in [0.25, 0.3) is 0 Å². The van der Waals surface area contributed by atoms with Gasteiger partial charge in [0.15, 0.2) is 5.82 Å². The van der Waals surface area contributed by atoms with Crippen LogP contribution in [0.15, 0.2) is 30.5 Å². The molecule has 2 aromatic heterocycles. The maximum atomic E-state index is 12.9. The SMILES string of the molecule is CC(=O)Nc1ccn(C(=O)N2CCC3(CCCN3Cc3cc4cc(Cl)cc(Cl)c4[nH]3)CC2)n1. The second-order valence-corrected chi connectivity index (χ2v) is 9.84. The number of amides is 2. The summed E-state index contributed by atoms with van der Waals surface area (Å²) in [4.78, 5) is 32.0. The Bertz CT molecular complexity index is 1210. The van der Waals surface area contributed by atoms with Gasteiger partial charge in [0.05, 0.1) is 10.5 Å². The predicted octanol–water partition coefficient (Wildman–Crippen LogP) is 4.73. The van der Waals surface area contributed by atoms with E-state index in [2.05, 4.69) is 26.4 Å². The summed E-state index contributed by atoms with van der Waals surface area (Å²) in [5, 5.41) is 9.07. The zero-order valence-electron chi connectivity index (χ0n) is 18.4. The molecule has 1 aromatic carbocycles. The van der Waals surface area contributed by atoms with Gasteiger partial charge in [-0.3, -0.25) is 9.69 Å². The molecule has 8 nitrogen and oxygen atoms in total. The minimum absolute atomic E-state index is 0.0982. The summed E-state index contributed by atoms with van der Waals surface area (Å²) in [5.74, 6) is 0.167. The fraction of sp³-hybridized carbons (Fsp3) is 0.435. The summed E-state index contributed by atoms with van der Waals surface area (Å²) >= 11 is 12.5. The smallest absolute Gasteiger partial charge is 0.344 e. The largest absolute Gasteiger partial charge is 0.356 e. The molecule has 0 bridgehead atoms. The Morgan fingerprint density at radius 1 is 1.15 bits per heavy atom. The number of benzene rings is 1. The van der Waals surface area contributed by atoms with Gasteiger partial charge < -0.3 is 15.2 Å². The Morgan fingerprint density at radius 2 is 1.94 bits per heavy atom. The molecule has 0 aliphatic carbocycles. The molecule has 2 N–H and O–H groups in total. The molecule has 33 heavy (non-hydrogen) atoms. The number of fused-ring (bicyclic) bond motifs is 1. The zero-order valence-corrected chi connectivity index (χ0v) is 19.9. The number of carbonyl (C=O) groups is 2. The van der Waals surface area contributed by atoms with Crippen molar-refractivity contribution in [1.29, 1.82) is 0 Å². The summed E-state index contributed by atoms with van der Waals surface area (Å²) in [7, 11) is 0. The van der Waals surface area contributed by atoms with E-state index >= 15 is 0 Å². The monoisotopic (exact) mass is 488 g/mol. The van der Waals surface area contributed by atoms with Crippen molar-refractivity contribution in [2.75, 3.05) is 25.0 Å². The van der Waals surface area contributed by atoms with Crippen LogP contribution in [-0.2, 0) is 11.3 Å². The van der Waals surface area contributed by atoms with Crippen LogP contribution >= 0.6 is 23.2 Å². The molecule has 10 heteroatoms. The lowest BCUT2D eigenvalue weighted by molar-refractivity contribution is -0.114. The van der Waals surface area contributed by atoms with E-state index in [1.807, 2.05) is 11.0 Å². The maximum Gasteiger partial charge on any atom is 0.344 e. The standard InChI is InChI=1S/C23H26Cl2N6O2/c1-15(32)26-20-3-8-31(28-20)22(33)29-9-5-23(6-10-29)4-2-7-30(23)14-18-12-16-11-17(24)13-19(25)21(16)27-18/h3,8,11-13,27H,2,4-7,9-10,14H2,1H3,(H,26,28,32). The van der Waals surface area contributed by atoms with Crippen molar-refractivity contribution < 1.29 is 9.59 Å². The highest BCUT2D eigenvalue weighted by Gasteiger charge is 2.44. The zero-order chi connectivity index (χ0) is 23.2. The molecule has 0 atom stereocenters. The van der Waals surface area contributed by atoms with Crippen LogP contribution < -0.4 is 5.32 Å². The molecule has 174 valence electrons. The molecular weight excluding hydrogens is 463 g/mol. The number of halogens is 2. The maximum absolute atomic E-state index is 12.9. The number of H-pyrrole nitrogens is 1. The molecule has 2 fully saturated rings. The second kappa shape index (κ2) is 8.66. The number of piperidine rings is 1.